The Labute approximate surface area is 147 Å². The van der Waals surface area contributed by atoms with Gasteiger partial charge in [-0.25, -0.2) is 0 Å². The first-order valence-corrected chi connectivity index (χ1v) is 9.25. The number of carbonyl (C=O) groups excluding carboxylic acids is 3. The third-order valence-corrected chi connectivity index (χ3v) is 7.72. The predicted molar refractivity (Wildman–Crippen MR) is 89.4 cm³/mol. The van der Waals surface area contributed by atoms with Gasteiger partial charge in [-0.05, 0) is 42.6 Å². The van der Waals surface area contributed by atoms with Crippen molar-refractivity contribution >= 4 is 18.0 Å². The van der Waals surface area contributed by atoms with Crippen molar-refractivity contribution in [3.8, 4) is 0 Å². The van der Waals surface area contributed by atoms with Gasteiger partial charge in [0, 0.05) is 17.3 Å². The Morgan fingerprint density at radius 3 is 2.68 bits per heavy atom. The highest BCUT2D eigenvalue weighted by Gasteiger charge is 2.74. The molecular formula is C20H26O5. The maximum Gasteiger partial charge on any atom is 0.320 e. The molecule has 2 bridgehead atoms. The zero-order chi connectivity index (χ0) is 18.2. The normalized spacial score (nSPS) is 48.2. The Morgan fingerprint density at radius 1 is 1.28 bits per heavy atom. The predicted octanol–water partition coefficient (Wildman–Crippen LogP) is 2.07. The van der Waals surface area contributed by atoms with Crippen molar-refractivity contribution in [1.82, 2.24) is 0 Å². The number of aliphatic hydroxyl groups is 1. The summed E-state index contributed by atoms with van der Waals surface area (Å²) in [7, 11) is 0. The number of carbonyl (C=O) groups is 3. The number of allylic oxidation sites excluding steroid dienone is 1. The lowest BCUT2D eigenvalue weighted by Gasteiger charge is -2.60. The standard InChI is InChI=1S/C20H26O5/c1-11-12-7-13(22)15-19(6-4-5-18(2,3)14(19)9-21)10-25-17(24)20(15,8-12)16(11)23/h9,12-15,22H,1,4-8,10H2,2-3H3/t12-,13+,14-,15+,19-,20+/m1/s1. The van der Waals surface area contributed by atoms with Crippen molar-refractivity contribution in [2.75, 3.05) is 6.61 Å². The van der Waals surface area contributed by atoms with E-state index in [4.69, 9.17) is 4.74 Å². The summed E-state index contributed by atoms with van der Waals surface area (Å²) >= 11 is 0. The topological polar surface area (TPSA) is 80.7 Å². The van der Waals surface area contributed by atoms with E-state index >= 15 is 0 Å². The van der Waals surface area contributed by atoms with Gasteiger partial charge in [0.2, 0.25) is 0 Å². The molecule has 4 fully saturated rings. The quantitative estimate of drug-likeness (QED) is 0.340. The molecule has 1 saturated heterocycles. The molecule has 4 rings (SSSR count). The van der Waals surface area contributed by atoms with E-state index in [1.54, 1.807) is 0 Å². The molecule has 5 heteroatoms. The van der Waals surface area contributed by atoms with Gasteiger partial charge >= 0.3 is 5.97 Å². The number of aliphatic hydroxyl groups excluding tert-OH is 1. The molecule has 0 amide bonds. The van der Waals surface area contributed by atoms with E-state index in [1.165, 1.54) is 0 Å². The molecule has 6 atom stereocenters. The first kappa shape index (κ1) is 17.0. The summed E-state index contributed by atoms with van der Waals surface area (Å²) in [6, 6.07) is 0. The van der Waals surface area contributed by atoms with E-state index in [2.05, 4.69) is 20.4 Å². The lowest BCUT2D eigenvalue weighted by Crippen LogP contribution is -2.66. The second-order valence-corrected chi connectivity index (χ2v) is 9.27. The molecule has 0 aromatic rings. The van der Waals surface area contributed by atoms with E-state index in [0.29, 0.717) is 24.8 Å². The number of ketones is 1. The highest BCUT2D eigenvalue weighted by molar-refractivity contribution is 6.15. The molecule has 3 aliphatic carbocycles. The molecule has 0 aromatic carbocycles. The Kier molecular flexibility index (Phi) is 3.41. The lowest BCUT2D eigenvalue weighted by molar-refractivity contribution is -0.225. The van der Waals surface area contributed by atoms with Gasteiger partial charge < -0.3 is 14.6 Å². The molecule has 25 heavy (non-hydrogen) atoms. The lowest BCUT2D eigenvalue weighted by atomic mass is 9.44. The summed E-state index contributed by atoms with van der Waals surface area (Å²) in [6.07, 6.45) is 3.50. The van der Waals surface area contributed by atoms with Crippen LogP contribution < -0.4 is 0 Å². The molecule has 2 spiro atoms. The van der Waals surface area contributed by atoms with E-state index in [0.717, 1.165) is 19.1 Å². The molecule has 4 aliphatic rings. The number of hydrogen-bond donors (Lipinski definition) is 1. The maximum atomic E-state index is 13.1. The summed E-state index contributed by atoms with van der Waals surface area (Å²) < 4.78 is 5.58. The molecule has 0 unspecified atom stereocenters. The molecule has 0 aromatic heterocycles. The average molecular weight is 346 g/mol. The van der Waals surface area contributed by atoms with Gasteiger partial charge in [-0.1, -0.05) is 26.8 Å². The maximum absolute atomic E-state index is 13.1. The summed E-state index contributed by atoms with van der Waals surface area (Å²) in [4.78, 5) is 38.0. The SMILES string of the molecule is C=C1C(=O)[C@]23C[C@H]1C[C@H](O)[C@H]2[C@]1(CCCC(C)(C)[C@H]1C=O)COC3=O. The van der Waals surface area contributed by atoms with Crippen LogP contribution in [0.25, 0.3) is 0 Å². The number of rotatable bonds is 1. The molecule has 1 heterocycles. The Bertz CT molecular complexity index is 680. The largest absolute Gasteiger partial charge is 0.464 e. The van der Waals surface area contributed by atoms with Crippen LogP contribution in [-0.4, -0.2) is 35.9 Å². The highest BCUT2D eigenvalue weighted by atomic mass is 16.5. The van der Waals surface area contributed by atoms with Gasteiger partial charge in [0.25, 0.3) is 0 Å². The zero-order valence-corrected chi connectivity index (χ0v) is 14.9. The van der Waals surface area contributed by atoms with Crippen LogP contribution in [-0.2, 0) is 19.1 Å². The summed E-state index contributed by atoms with van der Waals surface area (Å²) in [6.45, 7) is 8.13. The van der Waals surface area contributed by atoms with Crippen molar-refractivity contribution in [2.24, 2.45) is 34.0 Å². The van der Waals surface area contributed by atoms with Crippen LogP contribution in [0.5, 0.6) is 0 Å². The van der Waals surface area contributed by atoms with Gasteiger partial charge in [0.15, 0.2) is 5.78 Å². The van der Waals surface area contributed by atoms with Crippen molar-refractivity contribution < 1.29 is 24.2 Å². The minimum Gasteiger partial charge on any atom is -0.464 e. The van der Waals surface area contributed by atoms with Crippen LogP contribution in [0.3, 0.4) is 0 Å². The van der Waals surface area contributed by atoms with Crippen LogP contribution in [0.2, 0.25) is 0 Å². The number of Topliss-reactive ketones (excluding diaryl/α,β-unsaturated/α-hetero) is 1. The molecule has 1 N–H and O–H groups in total. The molecule has 1 aliphatic heterocycles. The second-order valence-electron chi connectivity index (χ2n) is 9.27. The van der Waals surface area contributed by atoms with E-state index in [-0.39, 0.29) is 29.6 Å². The van der Waals surface area contributed by atoms with Crippen molar-refractivity contribution in [3.05, 3.63) is 12.2 Å². The first-order chi connectivity index (χ1) is 11.7. The highest BCUT2D eigenvalue weighted by Crippen LogP contribution is 2.67. The molecule has 3 saturated carbocycles. The zero-order valence-electron chi connectivity index (χ0n) is 14.9. The smallest absolute Gasteiger partial charge is 0.320 e. The Hall–Kier alpha value is -1.49. The van der Waals surface area contributed by atoms with Gasteiger partial charge in [-0.2, -0.15) is 0 Å². The van der Waals surface area contributed by atoms with Crippen LogP contribution in [0.1, 0.15) is 46.0 Å². The molecular weight excluding hydrogens is 320 g/mol. The third-order valence-electron chi connectivity index (χ3n) is 7.72. The van der Waals surface area contributed by atoms with Crippen molar-refractivity contribution in [1.29, 1.82) is 0 Å². The Balaban J connectivity index is 1.92. The second kappa shape index (κ2) is 5.03. The monoisotopic (exact) mass is 346 g/mol. The summed E-state index contributed by atoms with van der Waals surface area (Å²) in [5.74, 6) is -1.86. The van der Waals surface area contributed by atoms with E-state index in [9.17, 15) is 19.5 Å². The third kappa shape index (κ3) is 1.85. The van der Waals surface area contributed by atoms with E-state index < -0.39 is 28.8 Å². The van der Waals surface area contributed by atoms with Crippen molar-refractivity contribution in [3.63, 3.8) is 0 Å². The first-order valence-electron chi connectivity index (χ1n) is 9.25. The van der Waals surface area contributed by atoms with Gasteiger partial charge in [-0.15, -0.1) is 0 Å². The van der Waals surface area contributed by atoms with Gasteiger partial charge in [-0.3, -0.25) is 9.59 Å². The fourth-order valence-corrected chi connectivity index (χ4v) is 6.71. The Morgan fingerprint density at radius 2 is 2.00 bits per heavy atom. The van der Waals surface area contributed by atoms with Crippen LogP contribution >= 0.6 is 0 Å². The fraction of sp³-hybridized carbons (Fsp3) is 0.750. The molecule has 5 nitrogen and oxygen atoms in total. The van der Waals surface area contributed by atoms with Gasteiger partial charge in [0.05, 0.1) is 12.7 Å². The van der Waals surface area contributed by atoms with Crippen LogP contribution in [0.15, 0.2) is 12.2 Å². The average Bonchev–Trinajstić information content (AvgIpc) is 2.73. The number of cyclic esters (lactones) is 1. The number of aldehydes is 1. The number of hydrogen-bond acceptors (Lipinski definition) is 5. The molecule has 136 valence electrons. The minimum absolute atomic E-state index is 0.118. The summed E-state index contributed by atoms with van der Waals surface area (Å²) in [5, 5.41) is 11.0. The van der Waals surface area contributed by atoms with Crippen LogP contribution in [0.4, 0.5) is 0 Å². The minimum atomic E-state index is -1.34. The van der Waals surface area contributed by atoms with Gasteiger partial charge in [0.1, 0.15) is 11.7 Å². The fourth-order valence-electron chi connectivity index (χ4n) is 6.71. The summed E-state index contributed by atoms with van der Waals surface area (Å²) in [5.41, 5.74) is -1.82. The van der Waals surface area contributed by atoms with E-state index in [1.807, 2.05) is 0 Å². The number of esters is 1. The number of ether oxygens (including phenoxy) is 1. The number of fused-ring (bicyclic) bond motifs is 2. The molecule has 0 radical (unpaired) electrons. The van der Waals surface area contributed by atoms with Crippen molar-refractivity contribution in [2.45, 2.75) is 52.1 Å². The van der Waals surface area contributed by atoms with Crippen LogP contribution in [0, 0.1) is 34.0 Å².